The topological polar surface area (TPSA) is 46.6 Å². The molecule has 1 heterocycles. The van der Waals surface area contributed by atoms with Gasteiger partial charge in [0.2, 0.25) is 10.0 Å². The highest BCUT2D eigenvalue weighted by Crippen LogP contribution is 2.21. The molecule has 0 bridgehead atoms. The summed E-state index contributed by atoms with van der Waals surface area (Å²) in [4.78, 5) is 0. The van der Waals surface area contributed by atoms with E-state index in [0.717, 1.165) is 15.6 Å². The van der Waals surface area contributed by atoms with E-state index in [-0.39, 0.29) is 18.4 Å². The Morgan fingerprint density at radius 3 is 2.46 bits per heavy atom. The number of hydrogen-bond donors (Lipinski definition) is 0. The maximum Gasteiger partial charge on any atom is 0.217 e. The van der Waals surface area contributed by atoms with Crippen molar-refractivity contribution in [1.29, 1.82) is 0 Å². The van der Waals surface area contributed by atoms with Gasteiger partial charge in [0.15, 0.2) is 0 Å². The van der Waals surface area contributed by atoms with Crippen LogP contribution in [-0.4, -0.2) is 37.7 Å². The van der Waals surface area contributed by atoms with Crippen molar-refractivity contribution in [2.75, 3.05) is 19.0 Å². The van der Waals surface area contributed by atoms with Gasteiger partial charge in [0, 0.05) is 11.0 Å². The molecule has 1 aliphatic rings. The van der Waals surface area contributed by atoms with E-state index in [2.05, 4.69) is 15.9 Å². The maximum absolute atomic E-state index is 12.7. The largest absolute Gasteiger partial charge is 0.379 e. The number of halogens is 1. The van der Waals surface area contributed by atoms with E-state index in [1.54, 1.807) is 4.31 Å². The van der Waals surface area contributed by atoms with E-state index < -0.39 is 10.0 Å². The van der Waals surface area contributed by atoms with Crippen LogP contribution in [0, 0.1) is 0 Å². The van der Waals surface area contributed by atoms with E-state index in [1.807, 2.05) is 54.6 Å². The van der Waals surface area contributed by atoms with Crippen LogP contribution in [-0.2, 0) is 27.7 Å². The summed E-state index contributed by atoms with van der Waals surface area (Å²) in [6, 6.07) is 17.5. The SMILES string of the molecule is O=S1(=O)CCOC[C@H](Cc2ccccc2)N1Cc1ccc(Br)cc1. The lowest BCUT2D eigenvalue weighted by Crippen LogP contribution is -2.42. The maximum atomic E-state index is 12.7. The van der Waals surface area contributed by atoms with Gasteiger partial charge >= 0.3 is 0 Å². The summed E-state index contributed by atoms with van der Waals surface area (Å²) in [6.45, 7) is 1.05. The highest BCUT2D eigenvalue weighted by atomic mass is 79.9. The number of ether oxygens (including phenoxy) is 1. The highest BCUT2D eigenvalue weighted by Gasteiger charge is 2.32. The molecular formula is C18H20BrNO3S. The van der Waals surface area contributed by atoms with Crippen LogP contribution in [0.3, 0.4) is 0 Å². The first kappa shape index (κ1) is 17.6. The van der Waals surface area contributed by atoms with Gasteiger partial charge in [0.05, 0.1) is 25.0 Å². The molecule has 6 heteroatoms. The van der Waals surface area contributed by atoms with Gasteiger partial charge in [-0.25, -0.2) is 8.42 Å². The zero-order valence-electron chi connectivity index (χ0n) is 13.3. The number of sulfonamides is 1. The minimum atomic E-state index is -3.34. The third-order valence-electron chi connectivity index (χ3n) is 4.13. The summed E-state index contributed by atoms with van der Waals surface area (Å²) < 4.78 is 33.6. The Balaban J connectivity index is 1.86. The van der Waals surface area contributed by atoms with Crippen LogP contribution in [0.25, 0.3) is 0 Å². The minimum Gasteiger partial charge on any atom is -0.379 e. The molecule has 0 radical (unpaired) electrons. The Morgan fingerprint density at radius 2 is 1.75 bits per heavy atom. The number of benzene rings is 2. The van der Waals surface area contributed by atoms with Crippen LogP contribution >= 0.6 is 15.9 Å². The summed E-state index contributed by atoms with van der Waals surface area (Å²) in [6.07, 6.45) is 0.649. The molecule has 0 amide bonds. The minimum absolute atomic E-state index is 0.0365. The van der Waals surface area contributed by atoms with Crippen molar-refractivity contribution in [3.8, 4) is 0 Å². The van der Waals surface area contributed by atoms with Crippen molar-refractivity contribution < 1.29 is 13.2 Å². The van der Waals surface area contributed by atoms with Gasteiger partial charge in [0.25, 0.3) is 0 Å². The van der Waals surface area contributed by atoms with E-state index in [0.29, 0.717) is 19.6 Å². The van der Waals surface area contributed by atoms with Crippen molar-refractivity contribution in [2.24, 2.45) is 0 Å². The fourth-order valence-corrected chi connectivity index (χ4v) is 4.62. The van der Waals surface area contributed by atoms with E-state index in [1.165, 1.54) is 0 Å². The summed E-state index contributed by atoms with van der Waals surface area (Å²) in [5.74, 6) is 0.0365. The number of hydrogen-bond acceptors (Lipinski definition) is 3. The van der Waals surface area contributed by atoms with Crippen molar-refractivity contribution >= 4 is 26.0 Å². The Morgan fingerprint density at radius 1 is 1.04 bits per heavy atom. The second-order valence-corrected chi connectivity index (χ2v) is 8.86. The first-order valence-corrected chi connectivity index (χ1v) is 10.3. The van der Waals surface area contributed by atoms with Crippen LogP contribution < -0.4 is 0 Å². The Bertz CT molecular complexity index is 763. The van der Waals surface area contributed by atoms with E-state index in [9.17, 15) is 8.42 Å². The first-order chi connectivity index (χ1) is 11.5. The van der Waals surface area contributed by atoms with E-state index >= 15 is 0 Å². The van der Waals surface area contributed by atoms with Crippen molar-refractivity contribution in [3.63, 3.8) is 0 Å². The standard InChI is InChI=1S/C18H20BrNO3S/c19-17-8-6-16(7-9-17)13-20-18(12-15-4-2-1-3-5-15)14-23-10-11-24(20,21)22/h1-9,18H,10-14H2/t18-/m0/s1. The lowest BCUT2D eigenvalue weighted by Gasteiger charge is -2.28. The molecule has 0 saturated carbocycles. The molecule has 24 heavy (non-hydrogen) atoms. The fraction of sp³-hybridized carbons (Fsp3) is 0.333. The zero-order chi connectivity index (χ0) is 17.0. The van der Waals surface area contributed by atoms with Gasteiger partial charge < -0.3 is 4.74 Å². The van der Waals surface area contributed by atoms with Gasteiger partial charge in [-0.05, 0) is 29.7 Å². The van der Waals surface area contributed by atoms with Gasteiger partial charge in [-0.3, -0.25) is 0 Å². The van der Waals surface area contributed by atoms with Gasteiger partial charge in [-0.1, -0.05) is 58.4 Å². The molecule has 2 aromatic carbocycles. The lowest BCUT2D eigenvalue weighted by atomic mass is 10.1. The Kier molecular flexibility index (Phi) is 5.71. The lowest BCUT2D eigenvalue weighted by molar-refractivity contribution is 0.109. The summed E-state index contributed by atoms with van der Waals surface area (Å²) in [5.41, 5.74) is 2.09. The van der Waals surface area contributed by atoms with Gasteiger partial charge in [0.1, 0.15) is 0 Å². The molecule has 2 aromatic rings. The van der Waals surface area contributed by atoms with Crippen molar-refractivity contribution in [3.05, 3.63) is 70.2 Å². The van der Waals surface area contributed by atoms with Crippen LogP contribution in [0.5, 0.6) is 0 Å². The smallest absolute Gasteiger partial charge is 0.217 e. The Hall–Kier alpha value is -1.21. The van der Waals surface area contributed by atoms with Crippen LogP contribution in [0.1, 0.15) is 11.1 Å². The molecule has 1 atom stereocenters. The molecular weight excluding hydrogens is 390 g/mol. The van der Waals surface area contributed by atoms with Crippen LogP contribution in [0.2, 0.25) is 0 Å². The Labute approximate surface area is 151 Å². The predicted octanol–water partition coefficient (Wildman–Crippen LogP) is 3.22. The molecule has 0 spiro atoms. The second kappa shape index (κ2) is 7.78. The second-order valence-electron chi connectivity index (χ2n) is 5.91. The third-order valence-corrected chi connectivity index (χ3v) is 6.48. The monoisotopic (exact) mass is 409 g/mol. The molecule has 3 rings (SSSR count). The first-order valence-electron chi connectivity index (χ1n) is 7.90. The molecule has 0 unspecified atom stereocenters. The summed E-state index contributed by atoms with van der Waals surface area (Å²) in [7, 11) is -3.34. The van der Waals surface area contributed by atoms with Crippen LogP contribution in [0.4, 0.5) is 0 Å². The van der Waals surface area contributed by atoms with E-state index in [4.69, 9.17) is 4.74 Å². The molecule has 0 aromatic heterocycles. The van der Waals surface area contributed by atoms with Gasteiger partial charge in [-0.15, -0.1) is 0 Å². The van der Waals surface area contributed by atoms with Gasteiger partial charge in [-0.2, -0.15) is 4.31 Å². The summed E-state index contributed by atoms with van der Waals surface area (Å²) >= 11 is 3.41. The normalized spacial score (nSPS) is 21.3. The molecule has 0 N–H and O–H groups in total. The number of rotatable bonds is 4. The summed E-state index contributed by atoms with van der Waals surface area (Å²) in [5, 5.41) is 0. The zero-order valence-corrected chi connectivity index (χ0v) is 15.7. The van der Waals surface area contributed by atoms with Crippen molar-refractivity contribution in [2.45, 2.75) is 19.0 Å². The van der Waals surface area contributed by atoms with Crippen molar-refractivity contribution in [1.82, 2.24) is 4.31 Å². The average Bonchev–Trinajstić information content (AvgIpc) is 2.70. The molecule has 1 aliphatic heterocycles. The molecule has 1 saturated heterocycles. The third kappa shape index (κ3) is 4.45. The fourth-order valence-electron chi connectivity index (χ4n) is 2.86. The molecule has 128 valence electrons. The molecule has 1 fully saturated rings. The highest BCUT2D eigenvalue weighted by molar-refractivity contribution is 9.10. The molecule has 0 aliphatic carbocycles. The predicted molar refractivity (Wildman–Crippen MR) is 98.2 cm³/mol. The number of nitrogens with zero attached hydrogens (tertiary/aromatic N) is 1. The van der Waals surface area contributed by atoms with Crippen LogP contribution in [0.15, 0.2) is 59.1 Å². The molecule has 4 nitrogen and oxygen atoms in total. The quantitative estimate of drug-likeness (QED) is 0.778. The average molecular weight is 410 g/mol.